The third kappa shape index (κ3) is 3.40. The first-order valence-corrected chi connectivity index (χ1v) is 8.88. The summed E-state index contributed by atoms with van der Waals surface area (Å²) in [5.74, 6) is -0.465. The van der Waals surface area contributed by atoms with Crippen molar-refractivity contribution in [3.8, 4) is 5.75 Å². The Morgan fingerprint density at radius 3 is 2.78 bits per heavy atom. The summed E-state index contributed by atoms with van der Waals surface area (Å²) >= 11 is 0. The van der Waals surface area contributed by atoms with Gasteiger partial charge in [0.1, 0.15) is 11.2 Å². The van der Waals surface area contributed by atoms with Crippen LogP contribution in [0.2, 0.25) is 0 Å². The van der Waals surface area contributed by atoms with Crippen molar-refractivity contribution in [3.05, 3.63) is 52.6 Å². The third-order valence-corrected chi connectivity index (χ3v) is 4.76. The molecular formula is C21H20O6. The van der Waals surface area contributed by atoms with Crippen LogP contribution in [0.3, 0.4) is 0 Å². The molecule has 0 amide bonds. The predicted octanol–water partition coefficient (Wildman–Crippen LogP) is 4.20. The molecule has 6 heteroatoms. The van der Waals surface area contributed by atoms with Gasteiger partial charge in [-0.3, -0.25) is 4.79 Å². The molecule has 0 radical (unpaired) electrons. The molecule has 0 saturated carbocycles. The molecule has 0 bridgehead atoms. The molecule has 3 atom stereocenters. The maximum Gasteiger partial charge on any atom is 0.336 e. The molecule has 0 N–H and O–H groups in total. The molecule has 140 valence electrons. The second kappa shape index (κ2) is 6.70. The summed E-state index contributed by atoms with van der Waals surface area (Å²) in [6, 6.07) is 6.23. The van der Waals surface area contributed by atoms with Crippen LogP contribution in [-0.4, -0.2) is 18.2 Å². The minimum atomic E-state index is -0.479. The van der Waals surface area contributed by atoms with Crippen LogP contribution < -0.4 is 10.4 Å². The highest BCUT2D eigenvalue weighted by molar-refractivity contribution is 6.02. The summed E-state index contributed by atoms with van der Waals surface area (Å²) in [4.78, 5) is 24.2. The van der Waals surface area contributed by atoms with Crippen LogP contribution in [0.25, 0.3) is 21.9 Å². The molecule has 3 heterocycles. The number of ether oxygens (including phenoxy) is 2. The van der Waals surface area contributed by atoms with Crippen molar-refractivity contribution in [2.45, 2.75) is 39.4 Å². The van der Waals surface area contributed by atoms with Gasteiger partial charge in [0.15, 0.2) is 5.75 Å². The van der Waals surface area contributed by atoms with Crippen molar-refractivity contribution < 1.29 is 23.1 Å². The molecule has 3 unspecified atom stereocenters. The van der Waals surface area contributed by atoms with Gasteiger partial charge in [-0.1, -0.05) is 11.6 Å². The summed E-state index contributed by atoms with van der Waals surface area (Å²) < 4.78 is 22.0. The van der Waals surface area contributed by atoms with Gasteiger partial charge in [0.25, 0.3) is 0 Å². The van der Waals surface area contributed by atoms with Crippen LogP contribution in [0.5, 0.6) is 5.75 Å². The zero-order valence-corrected chi connectivity index (χ0v) is 15.4. The highest BCUT2D eigenvalue weighted by atomic mass is 16.6. The van der Waals surface area contributed by atoms with E-state index in [9.17, 15) is 9.59 Å². The quantitative estimate of drug-likeness (QED) is 0.221. The average Bonchev–Trinajstić information content (AvgIpc) is 3.26. The Kier molecular flexibility index (Phi) is 4.36. The molecule has 0 spiro atoms. The van der Waals surface area contributed by atoms with Crippen LogP contribution >= 0.6 is 0 Å². The number of allylic oxidation sites excluding steroid dienone is 1. The second-order valence-electron chi connectivity index (χ2n) is 7.07. The second-order valence-corrected chi connectivity index (χ2v) is 7.07. The number of esters is 1. The van der Waals surface area contributed by atoms with Crippen molar-refractivity contribution in [1.82, 2.24) is 0 Å². The van der Waals surface area contributed by atoms with Gasteiger partial charge in [0.05, 0.1) is 35.2 Å². The van der Waals surface area contributed by atoms with Crippen LogP contribution in [-0.2, 0) is 9.53 Å². The molecular weight excluding hydrogens is 348 g/mol. The summed E-state index contributed by atoms with van der Waals surface area (Å²) in [5, 5.41) is 1.19. The van der Waals surface area contributed by atoms with Gasteiger partial charge >= 0.3 is 11.6 Å². The molecule has 3 aromatic rings. The Bertz CT molecular complexity index is 1100. The topological polar surface area (TPSA) is 82.2 Å². The first-order chi connectivity index (χ1) is 12.9. The van der Waals surface area contributed by atoms with Crippen molar-refractivity contribution in [1.29, 1.82) is 0 Å². The predicted molar refractivity (Wildman–Crippen MR) is 99.8 cm³/mol. The fraction of sp³-hybridized carbons (Fsp3) is 0.333. The third-order valence-electron chi connectivity index (χ3n) is 4.76. The molecule has 1 fully saturated rings. The molecule has 0 aliphatic carbocycles. The van der Waals surface area contributed by atoms with E-state index in [0.29, 0.717) is 27.7 Å². The molecule has 1 saturated heterocycles. The zero-order chi connectivity index (χ0) is 19.1. The maximum atomic E-state index is 12.7. The molecule has 27 heavy (non-hydrogen) atoms. The van der Waals surface area contributed by atoms with Gasteiger partial charge in [-0.25, -0.2) is 4.79 Å². The molecule has 1 aliphatic rings. The fourth-order valence-corrected chi connectivity index (χ4v) is 3.19. The van der Waals surface area contributed by atoms with E-state index in [4.69, 9.17) is 18.3 Å². The van der Waals surface area contributed by atoms with E-state index < -0.39 is 11.5 Å². The highest BCUT2D eigenvalue weighted by Crippen LogP contribution is 2.37. The first kappa shape index (κ1) is 17.5. The lowest BCUT2D eigenvalue weighted by Gasteiger charge is -2.11. The van der Waals surface area contributed by atoms with Crippen LogP contribution in [0.1, 0.15) is 27.2 Å². The van der Waals surface area contributed by atoms with E-state index >= 15 is 0 Å². The van der Waals surface area contributed by atoms with Gasteiger partial charge in [-0.2, -0.15) is 0 Å². The SMILES string of the molecule is CC(C)=CCC1OC1C(C)C(=O)Oc1c2ccoc2cc2oc(=O)ccc12. The molecule has 4 rings (SSSR count). The van der Waals surface area contributed by atoms with Gasteiger partial charge in [0, 0.05) is 12.1 Å². The van der Waals surface area contributed by atoms with E-state index in [1.165, 1.54) is 17.9 Å². The number of epoxide rings is 1. The summed E-state index contributed by atoms with van der Waals surface area (Å²) in [7, 11) is 0. The normalized spacial score (nSPS) is 19.8. The van der Waals surface area contributed by atoms with Crippen molar-refractivity contribution in [3.63, 3.8) is 0 Å². The van der Waals surface area contributed by atoms with E-state index in [2.05, 4.69) is 6.08 Å². The maximum absolute atomic E-state index is 12.7. The summed E-state index contributed by atoms with van der Waals surface area (Å²) in [5.41, 5.74) is 1.53. The number of carbonyl (C=O) groups excluding carboxylic acids is 1. The van der Waals surface area contributed by atoms with Crippen LogP contribution in [0.15, 0.2) is 55.8 Å². The first-order valence-electron chi connectivity index (χ1n) is 8.88. The monoisotopic (exact) mass is 368 g/mol. The minimum absolute atomic E-state index is 0.0435. The number of carbonyl (C=O) groups is 1. The van der Waals surface area contributed by atoms with E-state index in [1.807, 2.05) is 13.8 Å². The van der Waals surface area contributed by atoms with E-state index in [0.717, 1.165) is 6.42 Å². The number of hydrogen-bond acceptors (Lipinski definition) is 6. The fourth-order valence-electron chi connectivity index (χ4n) is 3.19. The van der Waals surface area contributed by atoms with Crippen LogP contribution in [0, 0.1) is 5.92 Å². The van der Waals surface area contributed by atoms with Crippen molar-refractivity contribution in [2.75, 3.05) is 0 Å². The van der Waals surface area contributed by atoms with Gasteiger partial charge in [-0.15, -0.1) is 0 Å². The van der Waals surface area contributed by atoms with Crippen molar-refractivity contribution in [2.24, 2.45) is 5.92 Å². The minimum Gasteiger partial charge on any atom is -0.464 e. The standard InChI is InChI=1S/C21H20O6/c1-11(2)4-6-15-19(26-15)12(3)21(23)27-20-13-5-7-18(22)25-17(13)10-16-14(20)8-9-24-16/h4-5,7-10,12,15,19H,6H2,1-3H3. The van der Waals surface area contributed by atoms with E-state index in [-0.39, 0.29) is 18.2 Å². The number of hydrogen-bond donors (Lipinski definition) is 0. The Hall–Kier alpha value is -2.86. The zero-order valence-electron chi connectivity index (χ0n) is 15.4. The Labute approximate surface area is 155 Å². The molecule has 1 aliphatic heterocycles. The Balaban J connectivity index is 1.61. The van der Waals surface area contributed by atoms with Gasteiger partial charge < -0.3 is 18.3 Å². The van der Waals surface area contributed by atoms with E-state index in [1.54, 1.807) is 25.1 Å². The smallest absolute Gasteiger partial charge is 0.336 e. The lowest BCUT2D eigenvalue weighted by Crippen LogP contribution is -2.23. The number of benzene rings is 1. The lowest BCUT2D eigenvalue weighted by molar-refractivity contribution is -0.138. The van der Waals surface area contributed by atoms with Crippen LogP contribution in [0.4, 0.5) is 0 Å². The molecule has 1 aromatic carbocycles. The largest absolute Gasteiger partial charge is 0.464 e. The lowest BCUT2D eigenvalue weighted by atomic mass is 10.0. The Morgan fingerprint density at radius 1 is 1.22 bits per heavy atom. The molecule has 2 aromatic heterocycles. The molecule has 6 nitrogen and oxygen atoms in total. The summed E-state index contributed by atoms with van der Waals surface area (Å²) in [6.07, 6.45) is 4.28. The summed E-state index contributed by atoms with van der Waals surface area (Å²) in [6.45, 7) is 5.86. The Morgan fingerprint density at radius 2 is 2.00 bits per heavy atom. The average molecular weight is 368 g/mol. The number of furan rings is 1. The van der Waals surface area contributed by atoms with Crippen molar-refractivity contribution >= 4 is 27.9 Å². The van der Waals surface area contributed by atoms with Gasteiger partial charge in [-0.05, 0) is 39.3 Å². The highest BCUT2D eigenvalue weighted by Gasteiger charge is 2.45. The van der Waals surface area contributed by atoms with Gasteiger partial charge in [0.2, 0.25) is 0 Å². The number of rotatable bonds is 5. The number of fused-ring (bicyclic) bond motifs is 2.